The van der Waals surface area contributed by atoms with Gasteiger partial charge in [-0.05, 0) is 49.6 Å². The van der Waals surface area contributed by atoms with Gasteiger partial charge in [0.25, 0.3) is 0 Å². The smallest absolute Gasteiger partial charge is 0.0802 e. The average molecular weight is 214 g/mol. The zero-order valence-electron chi connectivity index (χ0n) is 8.55. The first kappa shape index (κ1) is 11.5. The van der Waals surface area contributed by atoms with Crippen LogP contribution in [0.1, 0.15) is 29.2 Å². The first-order valence-electron chi connectivity index (χ1n) is 4.71. The molecule has 3 N–H and O–H groups in total. The molecule has 0 radical (unpaired) electrons. The number of aliphatic hydroxyl groups excluding tert-OH is 1. The van der Waals surface area contributed by atoms with Crippen LogP contribution in [0, 0.1) is 13.8 Å². The van der Waals surface area contributed by atoms with Crippen LogP contribution in [0.3, 0.4) is 0 Å². The minimum atomic E-state index is -0.503. The fourth-order valence-corrected chi connectivity index (χ4v) is 1.63. The van der Waals surface area contributed by atoms with Gasteiger partial charge >= 0.3 is 0 Å². The predicted molar refractivity (Wildman–Crippen MR) is 59.6 cm³/mol. The lowest BCUT2D eigenvalue weighted by atomic mass is 10.0. The van der Waals surface area contributed by atoms with E-state index in [0.29, 0.717) is 18.0 Å². The van der Waals surface area contributed by atoms with Gasteiger partial charge in [-0.2, -0.15) is 0 Å². The Kier molecular flexibility index (Phi) is 3.93. The summed E-state index contributed by atoms with van der Waals surface area (Å²) in [5.74, 6) is 0. The summed E-state index contributed by atoms with van der Waals surface area (Å²) >= 11 is 6.02. The summed E-state index contributed by atoms with van der Waals surface area (Å²) in [7, 11) is 0. The van der Waals surface area contributed by atoms with Crippen LogP contribution >= 0.6 is 11.6 Å². The van der Waals surface area contributed by atoms with Crippen molar-refractivity contribution in [3.8, 4) is 0 Å². The molecule has 0 heterocycles. The van der Waals surface area contributed by atoms with Crippen LogP contribution in [-0.2, 0) is 0 Å². The topological polar surface area (TPSA) is 46.2 Å². The lowest BCUT2D eigenvalue weighted by molar-refractivity contribution is 0.170. The molecule has 78 valence electrons. The highest BCUT2D eigenvalue weighted by atomic mass is 35.5. The van der Waals surface area contributed by atoms with Crippen LogP contribution in [0.2, 0.25) is 5.02 Å². The molecule has 0 fully saturated rings. The molecule has 2 nitrogen and oxygen atoms in total. The van der Waals surface area contributed by atoms with E-state index in [0.717, 1.165) is 16.7 Å². The Balaban J connectivity index is 3.00. The van der Waals surface area contributed by atoms with E-state index in [1.165, 1.54) is 0 Å². The van der Waals surface area contributed by atoms with Crippen LogP contribution in [-0.4, -0.2) is 11.7 Å². The van der Waals surface area contributed by atoms with Gasteiger partial charge in [-0.1, -0.05) is 17.7 Å². The van der Waals surface area contributed by atoms with Gasteiger partial charge in [0.2, 0.25) is 0 Å². The van der Waals surface area contributed by atoms with Gasteiger partial charge in [-0.25, -0.2) is 0 Å². The van der Waals surface area contributed by atoms with E-state index in [1.54, 1.807) is 0 Å². The Morgan fingerprint density at radius 3 is 2.57 bits per heavy atom. The van der Waals surface area contributed by atoms with E-state index >= 15 is 0 Å². The number of hydrogen-bond donors (Lipinski definition) is 2. The number of aliphatic hydroxyl groups is 1. The van der Waals surface area contributed by atoms with E-state index in [9.17, 15) is 5.11 Å². The van der Waals surface area contributed by atoms with E-state index in [4.69, 9.17) is 17.3 Å². The number of nitrogens with two attached hydrogens (primary N) is 1. The molecule has 1 rings (SSSR count). The molecule has 0 saturated carbocycles. The van der Waals surface area contributed by atoms with E-state index in [2.05, 4.69) is 0 Å². The molecule has 1 atom stereocenters. The lowest BCUT2D eigenvalue weighted by Crippen LogP contribution is -2.07. The summed E-state index contributed by atoms with van der Waals surface area (Å²) < 4.78 is 0. The fraction of sp³-hybridized carbons (Fsp3) is 0.455. The van der Waals surface area contributed by atoms with Crippen molar-refractivity contribution in [1.29, 1.82) is 0 Å². The van der Waals surface area contributed by atoms with Gasteiger partial charge in [0, 0.05) is 5.02 Å². The molecular weight excluding hydrogens is 198 g/mol. The Hall–Kier alpha value is -0.570. The summed E-state index contributed by atoms with van der Waals surface area (Å²) in [6.45, 7) is 4.43. The quantitative estimate of drug-likeness (QED) is 0.810. The van der Waals surface area contributed by atoms with Crippen molar-refractivity contribution in [1.82, 2.24) is 0 Å². The first-order chi connectivity index (χ1) is 6.56. The zero-order valence-corrected chi connectivity index (χ0v) is 9.30. The zero-order chi connectivity index (χ0) is 10.7. The second-order valence-electron chi connectivity index (χ2n) is 3.54. The lowest BCUT2D eigenvalue weighted by Gasteiger charge is -2.12. The molecule has 14 heavy (non-hydrogen) atoms. The van der Waals surface area contributed by atoms with Crippen LogP contribution < -0.4 is 5.73 Å². The molecule has 0 aliphatic carbocycles. The van der Waals surface area contributed by atoms with Gasteiger partial charge in [-0.3, -0.25) is 0 Å². The van der Waals surface area contributed by atoms with Crippen molar-refractivity contribution in [2.75, 3.05) is 6.54 Å². The minimum absolute atomic E-state index is 0.478. The third-order valence-corrected chi connectivity index (χ3v) is 2.84. The molecular formula is C11H16ClNO. The number of benzene rings is 1. The van der Waals surface area contributed by atoms with Gasteiger partial charge < -0.3 is 10.8 Å². The highest BCUT2D eigenvalue weighted by molar-refractivity contribution is 6.31. The summed E-state index contributed by atoms with van der Waals surface area (Å²) in [5.41, 5.74) is 8.40. The van der Waals surface area contributed by atoms with E-state index in [1.807, 2.05) is 26.0 Å². The fourth-order valence-electron chi connectivity index (χ4n) is 1.36. The first-order valence-corrected chi connectivity index (χ1v) is 5.09. The molecule has 1 aromatic rings. The summed E-state index contributed by atoms with van der Waals surface area (Å²) in [4.78, 5) is 0. The highest BCUT2D eigenvalue weighted by Gasteiger charge is 2.09. The van der Waals surface area contributed by atoms with Crippen molar-refractivity contribution in [3.63, 3.8) is 0 Å². The van der Waals surface area contributed by atoms with Crippen LogP contribution in [0.15, 0.2) is 12.1 Å². The maximum absolute atomic E-state index is 9.72. The molecule has 0 saturated heterocycles. The molecule has 0 aromatic heterocycles. The summed E-state index contributed by atoms with van der Waals surface area (Å²) in [6.07, 6.45) is 0.0653. The van der Waals surface area contributed by atoms with Crippen molar-refractivity contribution in [3.05, 3.63) is 33.8 Å². The second-order valence-corrected chi connectivity index (χ2v) is 3.94. The molecule has 0 amide bonds. The van der Waals surface area contributed by atoms with Gasteiger partial charge in [0.1, 0.15) is 0 Å². The molecule has 0 bridgehead atoms. The Morgan fingerprint density at radius 2 is 2.07 bits per heavy atom. The van der Waals surface area contributed by atoms with Crippen molar-refractivity contribution < 1.29 is 5.11 Å². The van der Waals surface area contributed by atoms with Gasteiger partial charge in [-0.15, -0.1) is 0 Å². The van der Waals surface area contributed by atoms with Gasteiger partial charge in [0.15, 0.2) is 0 Å². The Morgan fingerprint density at radius 1 is 1.43 bits per heavy atom. The molecule has 0 aliphatic heterocycles. The number of halogens is 1. The maximum atomic E-state index is 9.72. The highest BCUT2D eigenvalue weighted by Crippen LogP contribution is 2.25. The third-order valence-electron chi connectivity index (χ3n) is 2.45. The number of rotatable bonds is 3. The van der Waals surface area contributed by atoms with Crippen molar-refractivity contribution >= 4 is 11.6 Å². The Bertz CT molecular complexity index is 302. The standard InChI is InChI=1S/C11H16ClNO/c1-7-5-9(11(14)3-4-13)6-10(12)8(7)2/h5-6,11,14H,3-4,13H2,1-2H3. The third kappa shape index (κ3) is 2.47. The van der Waals surface area contributed by atoms with Crippen LogP contribution in [0.25, 0.3) is 0 Å². The average Bonchev–Trinajstić information content (AvgIpc) is 2.13. The van der Waals surface area contributed by atoms with Crippen LogP contribution in [0.5, 0.6) is 0 Å². The van der Waals surface area contributed by atoms with Crippen LogP contribution in [0.4, 0.5) is 0 Å². The number of hydrogen-bond acceptors (Lipinski definition) is 2. The monoisotopic (exact) mass is 213 g/mol. The normalized spacial score (nSPS) is 12.9. The molecule has 1 unspecified atom stereocenters. The second kappa shape index (κ2) is 4.78. The molecule has 1 aromatic carbocycles. The van der Waals surface area contributed by atoms with E-state index in [-0.39, 0.29) is 0 Å². The summed E-state index contributed by atoms with van der Waals surface area (Å²) in [5, 5.41) is 10.4. The number of aryl methyl sites for hydroxylation is 1. The maximum Gasteiger partial charge on any atom is 0.0802 e. The molecule has 0 spiro atoms. The molecule has 3 heteroatoms. The Labute approximate surface area is 89.7 Å². The molecule has 0 aliphatic rings. The minimum Gasteiger partial charge on any atom is -0.388 e. The van der Waals surface area contributed by atoms with E-state index < -0.39 is 6.10 Å². The SMILES string of the molecule is Cc1cc(C(O)CCN)cc(Cl)c1C. The van der Waals surface area contributed by atoms with Crippen molar-refractivity contribution in [2.45, 2.75) is 26.4 Å². The summed E-state index contributed by atoms with van der Waals surface area (Å²) in [6, 6.07) is 3.77. The van der Waals surface area contributed by atoms with Crippen molar-refractivity contribution in [2.24, 2.45) is 5.73 Å². The van der Waals surface area contributed by atoms with Gasteiger partial charge in [0.05, 0.1) is 6.10 Å². The largest absolute Gasteiger partial charge is 0.388 e. The predicted octanol–water partition coefficient (Wildman–Crippen LogP) is 2.34.